The molecule has 0 unspecified atom stereocenters. The second-order valence-electron chi connectivity index (χ2n) is 7.94. The van der Waals surface area contributed by atoms with E-state index in [0.717, 1.165) is 17.7 Å². The van der Waals surface area contributed by atoms with E-state index in [4.69, 9.17) is 0 Å². The Kier molecular flexibility index (Phi) is 6.20. The van der Waals surface area contributed by atoms with E-state index in [9.17, 15) is 18.0 Å². The molecule has 3 aromatic rings. The van der Waals surface area contributed by atoms with Crippen molar-refractivity contribution >= 4 is 38.9 Å². The van der Waals surface area contributed by atoms with Gasteiger partial charge in [-0.05, 0) is 73.5 Å². The van der Waals surface area contributed by atoms with Gasteiger partial charge < -0.3 is 10.2 Å². The summed E-state index contributed by atoms with van der Waals surface area (Å²) < 4.78 is 27.0. The molecule has 0 spiro atoms. The number of benzene rings is 3. The zero-order valence-corrected chi connectivity index (χ0v) is 19.3. The fraction of sp³-hybridized carbons (Fsp3) is 0.200. The van der Waals surface area contributed by atoms with Crippen molar-refractivity contribution in [2.45, 2.75) is 24.7 Å². The van der Waals surface area contributed by atoms with Crippen molar-refractivity contribution in [3.8, 4) is 0 Å². The number of hydrogen-bond acceptors (Lipinski definition) is 4. The van der Waals surface area contributed by atoms with Crippen LogP contribution in [0.2, 0.25) is 0 Å². The Morgan fingerprint density at radius 3 is 2.30 bits per heavy atom. The largest absolute Gasteiger partial charge is 0.322 e. The van der Waals surface area contributed by atoms with Crippen LogP contribution in [0.5, 0.6) is 0 Å². The summed E-state index contributed by atoms with van der Waals surface area (Å²) in [6, 6.07) is 20.1. The highest BCUT2D eigenvalue weighted by Crippen LogP contribution is 2.28. The molecule has 0 radical (unpaired) electrons. The summed E-state index contributed by atoms with van der Waals surface area (Å²) in [4.78, 5) is 26.6. The molecule has 1 saturated heterocycles. The Balaban J connectivity index is 1.47. The van der Waals surface area contributed by atoms with Crippen LogP contribution in [-0.2, 0) is 14.8 Å². The Morgan fingerprint density at radius 1 is 1.00 bits per heavy atom. The Labute approximate surface area is 193 Å². The summed E-state index contributed by atoms with van der Waals surface area (Å²) in [5.41, 5.74) is 3.25. The number of para-hydroxylation sites is 1. The number of sulfonamides is 1. The van der Waals surface area contributed by atoms with Crippen molar-refractivity contribution in [3.63, 3.8) is 0 Å². The summed E-state index contributed by atoms with van der Waals surface area (Å²) in [6.07, 6.45) is 1.41. The minimum absolute atomic E-state index is 0.0980. The van der Waals surface area contributed by atoms with Crippen molar-refractivity contribution in [1.82, 2.24) is 0 Å². The number of aryl methyl sites for hydroxylation is 1. The fourth-order valence-corrected chi connectivity index (χ4v) is 5.05. The van der Waals surface area contributed by atoms with Crippen LogP contribution >= 0.6 is 0 Å². The normalized spacial score (nSPS) is 13.8. The zero-order valence-electron chi connectivity index (χ0n) is 18.5. The van der Waals surface area contributed by atoms with Gasteiger partial charge in [-0.25, -0.2) is 8.42 Å². The molecule has 1 heterocycles. The van der Waals surface area contributed by atoms with Gasteiger partial charge in [0.2, 0.25) is 5.91 Å². The van der Waals surface area contributed by atoms with Gasteiger partial charge in [-0.3, -0.25) is 13.9 Å². The van der Waals surface area contributed by atoms with Crippen LogP contribution < -0.4 is 14.5 Å². The molecule has 2 amide bonds. The second kappa shape index (κ2) is 9.07. The molecule has 0 atom stereocenters. The minimum Gasteiger partial charge on any atom is -0.322 e. The predicted octanol–water partition coefficient (Wildman–Crippen LogP) is 4.20. The first-order valence-electron chi connectivity index (χ1n) is 10.6. The smallest absolute Gasteiger partial charge is 0.264 e. The predicted molar refractivity (Wildman–Crippen MR) is 129 cm³/mol. The third-order valence-electron chi connectivity index (χ3n) is 5.71. The molecular weight excluding hydrogens is 438 g/mol. The Bertz CT molecular complexity index is 1290. The lowest BCUT2D eigenvalue weighted by Gasteiger charge is -2.20. The monoisotopic (exact) mass is 463 g/mol. The zero-order chi connectivity index (χ0) is 23.6. The van der Waals surface area contributed by atoms with Crippen molar-refractivity contribution in [2.75, 3.05) is 28.1 Å². The van der Waals surface area contributed by atoms with Crippen molar-refractivity contribution in [2.24, 2.45) is 0 Å². The molecule has 1 fully saturated rings. The number of nitrogens with one attached hydrogen (secondary N) is 1. The first-order chi connectivity index (χ1) is 15.8. The molecule has 170 valence electrons. The first kappa shape index (κ1) is 22.5. The molecule has 33 heavy (non-hydrogen) atoms. The SMILES string of the molecule is Cc1cc(NC(=O)c2ccc(S(=O)(=O)N(C)c3ccccc3)cc2)ccc1N1CCCC1=O. The van der Waals surface area contributed by atoms with Crippen LogP contribution in [0.1, 0.15) is 28.8 Å². The topological polar surface area (TPSA) is 86.8 Å². The van der Waals surface area contributed by atoms with E-state index in [1.165, 1.54) is 35.6 Å². The van der Waals surface area contributed by atoms with E-state index in [2.05, 4.69) is 5.32 Å². The highest BCUT2D eigenvalue weighted by atomic mass is 32.2. The summed E-state index contributed by atoms with van der Waals surface area (Å²) in [5.74, 6) is -0.234. The molecule has 7 nitrogen and oxygen atoms in total. The third kappa shape index (κ3) is 4.61. The van der Waals surface area contributed by atoms with Gasteiger partial charge in [-0.2, -0.15) is 0 Å². The first-order valence-corrected chi connectivity index (χ1v) is 12.1. The van der Waals surface area contributed by atoms with E-state index >= 15 is 0 Å². The van der Waals surface area contributed by atoms with Crippen molar-refractivity contribution < 1.29 is 18.0 Å². The van der Waals surface area contributed by atoms with Crippen molar-refractivity contribution in [1.29, 1.82) is 0 Å². The number of hydrogen-bond donors (Lipinski definition) is 1. The number of amides is 2. The van der Waals surface area contributed by atoms with Crippen molar-refractivity contribution in [3.05, 3.63) is 83.9 Å². The van der Waals surface area contributed by atoms with Gasteiger partial charge in [0.25, 0.3) is 15.9 Å². The lowest BCUT2D eigenvalue weighted by Crippen LogP contribution is -2.26. The Hall–Kier alpha value is -3.65. The van der Waals surface area contributed by atoms with E-state index < -0.39 is 10.0 Å². The standard InChI is InChI=1S/C25H25N3O4S/c1-18-17-20(12-15-23(18)28-16-6-9-24(28)29)26-25(30)19-10-13-22(14-11-19)33(31,32)27(2)21-7-4-3-5-8-21/h3-5,7-8,10-15,17H,6,9,16H2,1-2H3,(H,26,30). The van der Waals surface area contributed by atoms with Gasteiger partial charge in [-0.15, -0.1) is 0 Å². The molecule has 0 saturated carbocycles. The lowest BCUT2D eigenvalue weighted by atomic mass is 10.1. The average Bonchev–Trinajstić information content (AvgIpc) is 3.24. The van der Waals surface area contributed by atoms with Gasteiger partial charge in [0.15, 0.2) is 0 Å². The summed E-state index contributed by atoms with van der Waals surface area (Å²) in [6.45, 7) is 2.61. The number of nitrogens with zero attached hydrogens (tertiary/aromatic N) is 2. The molecule has 1 aliphatic heterocycles. The van der Waals surface area contributed by atoms with Gasteiger partial charge in [-0.1, -0.05) is 18.2 Å². The van der Waals surface area contributed by atoms with E-state index in [-0.39, 0.29) is 16.7 Å². The van der Waals surface area contributed by atoms with Crippen LogP contribution in [0.3, 0.4) is 0 Å². The minimum atomic E-state index is -3.75. The molecule has 0 aromatic heterocycles. The van der Waals surface area contributed by atoms with E-state index in [1.807, 2.05) is 25.1 Å². The Morgan fingerprint density at radius 2 is 1.70 bits per heavy atom. The summed E-state index contributed by atoms with van der Waals surface area (Å²) in [7, 11) is -2.25. The average molecular weight is 464 g/mol. The number of rotatable bonds is 6. The van der Waals surface area contributed by atoms with Crippen LogP contribution in [0.25, 0.3) is 0 Å². The summed E-state index contributed by atoms with van der Waals surface area (Å²) >= 11 is 0. The van der Waals surface area contributed by atoms with Crippen LogP contribution in [0.4, 0.5) is 17.1 Å². The molecule has 3 aromatic carbocycles. The molecule has 0 aliphatic carbocycles. The lowest BCUT2D eigenvalue weighted by molar-refractivity contribution is -0.117. The van der Waals surface area contributed by atoms with Crippen LogP contribution in [0.15, 0.2) is 77.7 Å². The molecule has 4 rings (SSSR count). The van der Waals surface area contributed by atoms with Crippen LogP contribution in [0, 0.1) is 6.92 Å². The van der Waals surface area contributed by atoms with E-state index in [1.54, 1.807) is 35.2 Å². The maximum Gasteiger partial charge on any atom is 0.264 e. The van der Waals surface area contributed by atoms with E-state index in [0.29, 0.717) is 29.9 Å². The number of carbonyl (C=O) groups excluding carboxylic acids is 2. The second-order valence-corrected chi connectivity index (χ2v) is 9.91. The maximum absolute atomic E-state index is 12.9. The van der Waals surface area contributed by atoms with Gasteiger partial charge in [0.1, 0.15) is 0 Å². The molecule has 8 heteroatoms. The quantitative estimate of drug-likeness (QED) is 0.594. The van der Waals surface area contributed by atoms with Gasteiger partial charge in [0.05, 0.1) is 10.6 Å². The molecule has 0 bridgehead atoms. The highest BCUT2D eigenvalue weighted by Gasteiger charge is 2.24. The fourth-order valence-electron chi connectivity index (χ4n) is 3.86. The third-order valence-corrected chi connectivity index (χ3v) is 7.51. The molecule has 1 aliphatic rings. The van der Waals surface area contributed by atoms with Crippen LogP contribution in [-0.4, -0.2) is 33.8 Å². The van der Waals surface area contributed by atoms with Gasteiger partial charge in [0, 0.05) is 37.0 Å². The highest BCUT2D eigenvalue weighted by molar-refractivity contribution is 7.92. The summed E-state index contributed by atoms with van der Waals surface area (Å²) in [5, 5.41) is 2.83. The number of carbonyl (C=O) groups is 2. The maximum atomic E-state index is 12.9. The number of anilines is 3. The molecular formula is C25H25N3O4S. The molecule has 1 N–H and O–H groups in total. The van der Waals surface area contributed by atoms with Gasteiger partial charge >= 0.3 is 0 Å².